The fraction of sp³-hybridized carbons (Fsp3) is 0.611. The lowest BCUT2D eigenvalue weighted by Crippen LogP contribution is -2.27. The van der Waals surface area contributed by atoms with Crippen molar-refractivity contribution in [2.75, 3.05) is 19.7 Å². The SMILES string of the molecule is Cc1c[c]cc(C)c1OCCCNCCC(=O)OC(C)(C)C. The van der Waals surface area contributed by atoms with Gasteiger partial charge in [-0.05, 0) is 76.9 Å². The second-order valence-corrected chi connectivity index (χ2v) is 6.44. The van der Waals surface area contributed by atoms with Gasteiger partial charge in [-0.25, -0.2) is 0 Å². The van der Waals surface area contributed by atoms with Gasteiger partial charge >= 0.3 is 5.97 Å². The molecule has 22 heavy (non-hydrogen) atoms. The Bertz CT molecular complexity index is 457. The van der Waals surface area contributed by atoms with Gasteiger partial charge < -0.3 is 14.8 Å². The zero-order chi connectivity index (χ0) is 16.6. The molecule has 1 aromatic rings. The summed E-state index contributed by atoms with van der Waals surface area (Å²) in [4.78, 5) is 11.5. The number of rotatable bonds is 8. The van der Waals surface area contributed by atoms with Crippen molar-refractivity contribution in [1.29, 1.82) is 0 Å². The number of aryl methyl sites for hydroxylation is 2. The van der Waals surface area contributed by atoms with Crippen LogP contribution in [-0.4, -0.2) is 31.3 Å². The fourth-order valence-electron chi connectivity index (χ4n) is 2.04. The summed E-state index contributed by atoms with van der Waals surface area (Å²) in [5, 5.41) is 3.23. The molecule has 1 radical (unpaired) electrons. The van der Waals surface area contributed by atoms with Crippen molar-refractivity contribution >= 4 is 5.97 Å². The van der Waals surface area contributed by atoms with Gasteiger partial charge in [0.2, 0.25) is 0 Å². The Morgan fingerprint density at radius 3 is 2.41 bits per heavy atom. The molecule has 1 N–H and O–H groups in total. The molecule has 0 fully saturated rings. The molecule has 0 saturated carbocycles. The first-order chi connectivity index (χ1) is 10.3. The number of carbonyl (C=O) groups excluding carboxylic acids is 1. The highest BCUT2D eigenvalue weighted by Crippen LogP contribution is 2.21. The van der Waals surface area contributed by atoms with Gasteiger partial charge in [0.25, 0.3) is 0 Å². The van der Waals surface area contributed by atoms with E-state index in [2.05, 4.69) is 11.4 Å². The van der Waals surface area contributed by atoms with E-state index in [1.54, 1.807) is 0 Å². The summed E-state index contributed by atoms with van der Waals surface area (Å²) in [7, 11) is 0. The summed E-state index contributed by atoms with van der Waals surface area (Å²) >= 11 is 0. The van der Waals surface area contributed by atoms with E-state index in [-0.39, 0.29) is 5.97 Å². The van der Waals surface area contributed by atoms with Crippen molar-refractivity contribution in [3.63, 3.8) is 0 Å². The van der Waals surface area contributed by atoms with Gasteiger partial charge in [-0.1, -0.05) is 0 Å². The molecule has 123 valence electrons. The van der Waals surface area contributed by atoms with Crippen molar-refractivity contribution < 1.29 is 14.3 Å². The number of esters is 1. The highest BCUT2D eigenvalue weighted by molar-refractivity contribution is 5.70. The normalized spacial score (nSPS) is 11.3. The molecular formula is C18H28NO3. The van der Waals surface area contributed by atoms with E-state index in [4.69, 9.17) is 9.47 Å². The van der Waals surface area contributed by atoms with Crippen LogP contribution in [-0.2, 0) is 9.53 Å². The third kappa shape index (κ3) is 7.46. The molecule has 0 aliphatic carbocycles. The van der Waals surface area contributed by atoms with Gasteiger partial charge in [0.05, 0.1) is 13.0 Å². The first kappa shape index (κ1) is 18.5. The zero-order valence-corrected chi connectivity index (χ0v) is 14.4. The Morgan fingerprint density at radius 1 is 1.18 bits per heavy atom. The summed E-state index contributed by atoms with van der Waals surface area (Å²) in [6, 6.07) is 6.94. The second kappa shape index (κ2) is 8.79. The van der Waals surface area contributed by atoms with Gasteiger partial charge in [0, 0.05) is 6.54 Å². The summed E-state index contributed by atoms with van der Waals surface area (Å²) in [5.74, 6) is 0.788. The van der Waals surface area contributed by atoms with Crippen molar-refractivity contribution in [1.82, 2.24) is 5.32 Å². The van der Waals surface area contributed by atoms with Crippen molar-refractivity contribution in [3.8, 4) is 5.75 Å². The van der Waals surface area contributed by atoms with E-state index in [9.17, 15) is 4.79 Å². The minimum Gasteiger partial charge on any atom is -0.493 e. The van der Waals surface area contributed by atoms with E-state index in [1.807, 2.05) is 46.8 Å². The van der Waals surface area contributed by atoms with Crippen LogP contribution in [0, 0.1) is 19.9 Å². The van der Waals surface area contributed by atoms with Crippen molar-refractivity contribution in [3.05, 3.63) is 29.3 Å². The van der Waals surface area contributed by atoms with E-state index < -0.39 is 5.60 Å². The number of carbonyl (C=O) groups is 1. The topological polar surface area (TPSA) is 47.6 Å². The van der Waals surface area contributed by atoms with Crippen LogP contribution < -0.4 is 10.1 Å². The Balaban J connectivity index is 2.10. The summed E-state index contributed by atoms with van der Waals surface area (Å²) in [6.45, 7) is 11.8. The van der Waals surface area contributed by atoms with E-state index in [0.717, 1.165) is 29.8 Å². The van der Waals surface area contributed by atoms with E-state index >= 15 is 0 Å². The van der Waals surface area contributed by atoms with E-state index in [1.165, 1.54) is 0 Å². The molecular weight excluding hydrogens is 278 g/mol. The molecule has 0 aliphatic rings. The lowest BCUT2D eigenvalue weighted by Gasteiger charge is -2.19. The maximum atomic E-state index is 11.5. The molecule has 1 aromatic carbocycles. The number of nitrogens with one attached hydrogen (secondary N) is 1. The highest BCUT2D eigenvalue weighted by Gasteiger charge is 2.15. The predicted molar refractivity (Wildman–Crippen MR) is 88.2 cm³/mol. The average molecular weight is 306 g/mol. The first-order valence-electron chi connectivity index (χ1n) is 7.82. The molecule has 4 nitrogen and oxygen atoms in total. The lowest BCUT2D eigenvalue weighted by molar-refractivity contribution is -0.154. The highest BCUT2D eigenvalue weighted by atomic mass is 16.6. The predicted octanol–water partition coefficient (Wildman–Crippen LogP) is 3.19. The van der Waals surface area contributed by atoms with Crippen LogP contribution in [0.25, 0.3) is 0 Å². The molecule has 1 rings (SSSR count). The van der Waals surface area contributed by atoms with E-state index in [0.29, 0.717) is 19.6 Å². The van der Waals surface area contributed by atoms with Gasteiger partial charge in [0.1, 0.15) is 11.4 Å². The third-order valence-corrected chi connectivity index (χ3v) is 2.99. The lowest BCUT2D eigenvalue weighted by atomic mass is 10.1. The second-order valence-electron chi connectivity index (χ2n) is 6.44. The minimum atomic E-state index is -0.409. The standard InChI is InChI=1S/C18H28NO3/c1-14-8-6-9-15(2)17(14)21-13-7-11-19-12-10-16(20)22-18(3,4)5/h8-9,19H,7,10-13H2,1-5H3. The van der Waals surface area contributed by atoms with Gasteiger partial charge in [-0.15, -0.1) is 0 Å². The van der Waals surface area contributed by atoms with Crippen molar-refractivity contribution in [2.45, 2.75) is 53.1 Å². The quantitative estimate of drug-likeness (QED) is 0.592. The molecule has 0 aliphatic heterocycles. The van der Waals surface area contributed by atoms with Gasteiger partial charge in [-0.2, -0.15) is 0 Å². The fourth-order valence-corrected chi connectivity index (χ4v) is 2.04. The Kier molecular flexibility index (Phi) is 7.39. The Morgan fingerprint density at radius 2 is 1.82 bits per heavy atom. The van der Waals surface area contributed by atoms with Crippen LogP contribution in [0.5, 0.6) is 5.75 Å². The maximum Gasteiger partial charge on any atom is 0.307 e. The van der Waals surface area contributed by atoms with Crippen LogP contribution in [0.1, 0.15) is 44.7 Å². The molecule has 0 spiro atoms. The largest absolute Gasteiger partial charge is 0.493 e. The third-order valence-electron chi connectivity index (χ3n) is 2.99. The van der Waals surface area contributed by atoms with Crippen LogP contribution in [0.4, 0.5) is 0 Å². The monoisotopic (exact) mass is 306 g/mol. The van der Waals surface area contributed by atoms with Crippen LogP contribution in [0.15, 0.2) is 12.1 Å². The molecule has 0 unspecified atom stereocenters. The summed E-state index contributed by atoms with van der Waals surface area (Å²) in [6.07, 6.45) is 1.29. The number of benzene rings is 1. The number of hydrogen-bond donors (Lipinski definition) is 1. The zero-order valence-electron chi connectivity index (χ0n) is 14.4. The van der Waals surface area contributed by atoms with Gasteiger partial charge in [0.15, 0.2) is 0 Å². The van der Waals surface area contributed by atoms with Crippen LogP contribution >= 0.6 is 0 Å². The molecule has 0 atom stereocenters. The molecule has 0 bridgehead atoms. The minimum absolute atomic E-state index is 0.164. The maximum absolute atomic E-state index is 11.5. The number of ether oxygens (including phenoxy) is 2. The molecule has 4 heteroatoms. The summed E-state index contributed by atoms with van der Waals surface area (Å²) in [5.41, 5.74) is 1.81. The molecule has 0 saturated heterocycles. The average Bonchev–Trinajstić information content (AvgIpc) is 2.38. The summed E-state index contributed by atoms with van der Waals surface area (Å²) < 4.78 is 11.1. The Labute approximate surface area is 134 Å². The smallest absolute Gasteiger partial charge is 0.307 e. The van der Waals surface area contributed by atoms with Gasteiger partial charge in [-0.3, -0.25) is 4.79 Å². The van der Waals surface area contributed by atoms with Crippen LogP contribution in [0.3, 0.4) is 0 Å². The Hall–Kier alpha value is -1.55. The first-order valence-corrected chi connectivity index (χ1v) is 7.82. The molecule has 0 amide bonds. The van der Waals surface area contributed by atoms with Crippen LogP contribution in [0.2, 0.25) is 0 Å². The molecule has 0 heterocycles. The van der Waals surface area contributed by atoms with Crippen molar-refractivity contribution in [2.24, 2.45) is 0 Å². The molecule has 0 aromatic heterocycles. The number of hydrogen-bond acceptors (Lipinski definition) is 4.